The van der Waals surface area contributed by atoms with Gasteiger partial charge in [0.25, 0.3) is 10.0 Å². The molecule has 0 unspecified atom stereocenters. The van der Waals surface area contributed by atoms with Crippen LogP contribution in [0, 0.1) is 11.3 Å². The highest BCUT2D eigenvalue weighted by Crippen LogP contribution is 2.41. The average Bonchev–Trinajstić information content (AvgIpc) is 2.48. The number of alkyl halides is 3. The number of nitrogens with one attached hydrogen (secondary N) is 1. The van der Waals surface area contributed by atoms with Gasteiger partial charge in [-0.1, -0.05) is 17.7 Å². The monoisotopic (exact) mass is 392 g/mol. The van der Waals surface area contributed by atoms with Crippen LogP contribution in [0.1, 0.15) is 5.56 Å². The number of hydrogen-bond acceptors (Lipinski definition) is 4. The summed E-state index contributed by atoms with van der Waals surface area (Å²) in [5, 5.41) is 8.57. The molecule has 0 fully saturated rings. The van der Waals surface area contributed by atoms with E-state index in [9.17, 15) is 21.6 Å². The number of anilines is 1. The molecule has 0 saturated carbocycles. The topological polar surface area (TPSA) is 70.0 Å². The van der Waals surface area contributed by atoms with Crippen LogP contribution in [0.4, 0.5) is 18.9 Å². The normalized spacial score (nSPS) is 11.8. The molecular formula is C14H8ClF3N2O2S2. The first-order chi connectivity index (χ1) is 11.1. The van der Waals surface area contributed by atoms with Gasteiger partial charge in [0.05, 0.1) is 27.2 Å². The summed E-state index contributed by atoms with van der Waals surface area (Å²) in [6, 6.07) is 10.5. The van der Waals surface area contributed by atoms with Crippen LogP contribution in [0.5, 0.6) is 0 Å². The Labute approximate surface area is 145 Å². The van der Waals surface area contributed by atoms with Crippen LogP contribution in [0.25, 0.3) is 0 Å². The summed E-state index contributed by atoms with van der Waals surface area (Å²) in [6.45, 7) is 0. The van der Waals surface area contributed by atoms with Crippen LogP contribution in [0.3, 0.4) is 0 Å². The van der Waals surface area contributed by atoms with Gasteiger partial charge in [-0.25, -0.2) is 8.42 Å². The standard InChI is InChI=1S/C14H8ClF3N2O2S2/c15-12-7-10(4-5-13(12)23-14(16,17)18)20-24(21,22)11-3-1-2-9(6-11)8-19/h1-7,20H. The highest BCUT2D eigenvalue weighted by Gasteiger charge is 2.30. The van der Waals surface area contributed by atoms with Crippen LogP contribution < -0.4 is 4.72 Å². The average molecular weight is 393 g/mol. The molecular weight excluding hydrogens is 385 g/mol. The number of nitriles is 1. The minimum Gasteiger partial charge on any atom is -0.280 e. The second kappa shape index (κ2) is 6.93. The molecule has 0 amide bonds. The van der Waals surface area contributed by atoms with Gasteiger partial charge in [-0.3, -0.25) is 4.72 Å². The Morgan fingerprint density at radius 3 is 2.46 bits per heavy atom. The maximum absolute atomic E-state index is 12.4. The molecule has 4 nitrogen and oxygen atoms in total. The highest BCUT2D eigenvalue weighted by molar-refractivity contribution is 8.00. The number of halogens is 4. The van der Waals surface area contributed by atoms with E-state index in [1.165, 1.54) is 30.3 Å². The van der Waals surface area contributed by atoms with Crippen molar-refractivity contribution < 1.29 is 21.6 Å². The number of rotatable bonds is 4. The van der Waals surface area contributed by atoms with Crippen molar-refractivity contribution in [2.45, 2.75) is 15.3 Å². The molecule has 24 heavy (non-hydrogen) atoms. The Kier molecular flexibility index (Phi) is 5.32. The van der Waals surface area contributed by atoms with Gasteiger partial charge in [0.1, 0.15) is 0 Å². The fraction of sp³-hybridized carbons (Fsp3) is 0.0714. The van der Waals surface area contributed by atoms with Gasteiger partial charge in [0.2, 0.25) is 0 Å². The molecule has 0 saturated heterocycles. The predicted molar refractivity (Wildman–Crippen MR) is 85.3 cm³/mol. The van der Waals surface area contributed by atoms with E-state index in [1.54, 1.807) is 0 Å². The molecule has 126 valence electrons. The van der Waals surface area contributed by atoms with Gasteiger partial charge in [-0.15, -0.1) is 0 Å². The second-order valence-electron chi connectivity index (χ2n) is 4.44. The lowest BCUT2D eigenvalue weighted by atomic mass is 10.2. The lowest BCUT2D eigenvalue weighted by Crippen LogP contribution is -2.13. The van der Waals surface area contributed by atoms with Crippen LogP contribution in [0.2, 0.25) is 5.02 Å². The van der Waals surface area contributed by atoms with Crippen LogP contribution in [-0.2, 0) is 10.0 Å². The highest BCUT2D eigenvalue weighted by atomic mass is 35.5. The minimum absolute atomic E-state index is 0.00823. The first-order valence-corrected chi connectivity index (χ1v) is 8.87. The molecule has 0 heterocycles. The molecule has 1 N–H and O–H groups in total. The number of nitrogens with zero attached hydrogens (tertiary/aromatic N) is 1. The van der Waals surface area contributed by atoms with E-state index in [0.717, 1.165) is 12.1 Å². The lowest BCUT2D eigenvalue weighted by Gasteiger charge is -2.11. The summed E-state index contributed by atoms with van der Waals surface area (Å²) in [6.07, 6.45) is 0. The predicted octanol–water partition coefficient (Wildman–Crippen LogP) is 4.62. The van der Waals surface area contributed by atoms with Gasteiger partial charge < -0.3 is 0 Å². The van der Waals surface area contributed by atoms with Crippen molar-refractivity contribution in [1.82, 2.24) is 0 Å². The molecule has 0 aliphatic rings. The fourth-order valence-corrected chi connectivity index (χ4v) is 3.65. The molecule has 0 atom stereocenters. The molecule has 2 aromatic carbocycles. The smallest absolute Gasteiger partial charge is 0.280 e. The Morgan fingerprint density at radius 1 is 1.17 bits per heavy atom. The van der Waals surface area contributed by atoms with Crippen molar-refractivity contribution in [1.29, 1.82) is 5.26 Å². The molecule has 0 radical (unpaired) electrons. The van der Waals surface area contributed by atoms with Crippen LogP contribution in [0.15, 0.2) is 52.3 Å². The summed E-state index contributed by atoms with van der Waals surface area (Å²) in [7, 11) is -4.00. The zero-order valence-corrected chi connectivity index (χ0v) is 14.0. The summed E-state index contributed by atoms with van der Waals surface area (Å²) >= 11 is 5.37. The summed E-state index contributed by atoms with van der Waals surface area (Å²) in [5.74, 6) is 0. The van der Waals surface area contributed by atoms with E-state index in [1.807, 2.05) is 6.07 Å². The van der Waals surface area contributed by atoms with Crippen molar-refractivity contribution in [3.05, 3.63) is 53.1 Å². The van der Waals surface area contributed by atoms with E-state index in [0.29, 0.717) is 0 Å². The van der Waals surface area contributed by atoms with E-state index in [2.05, 4.69) is 4.72 Å². The Hall–Kier alpha value is -1.89. The van der Waals surface area contributed by atoms with Crippen LogP contribution >= 0.6 is 23.4 Å². The number of sulfonamides is 1. The molecule has 0 bridgehead atoms. The molecule has 0 aromatic heterocycles. The third kappa shape index (κ3) is 4.80. The van der Waals surface area contributed by atoms with Crippen molar-refractivity contribution >= 4 is 39.1 Å². The van der Waals surface area contributed by atoms with Crippen molar-refractivity contribution in [2.75, 3.05) is 4.72 Å². The van der Waals surface area contributed by atoms with E-state index in [-0.39, 0.29) is 37.8 Å². The maximum Gasteiger partial charge on any atom is 0.446 e. The first-order valence-electron chi connectivity index (χ1n) is 6.19. The molecule has 0 aliphatic carbocycles. The zero-order chi connectivity index (χ0) is 18.0. The molecule has 2 rings (SSSR count). The molecule has 0 spiro atoms. The third-order valence-corrected chi connectivity index (χ3v) is 5.29. The number of benzene rings is 2. The fourth-order valence-electron chi connectivity index (χ4n) is 1.72. The number of hydrogen-bond donors (Lipinski definition) is 1. The molecule has 10 heteroatoms. The first kappa shape index (κ1) is 18.4. The lowest BCUT2D eigenvalue weighted by molar-refractivity contribution is -0.0328. The molecule has 0 aliphatic heterocycles. The van der Waals surface area contributed by atoms with Gasteiger partial charge in [-0.05, 0) is 48.2 Å². The van der Waals surface area contributed by atoms with Gasteiger partial charge in [0, 0.05) is 4.90 Å². The Balaban J connectivity index is 2.27. The van der Waals surface area contributed by atoms with E-state index in [4.69, 9.17) is 16.9 Å². The van der Waals surface area contributed by atoms with Gasteiger partial charge in [0.15, 0.2) is 0 Å². The SMILES string of the molecule is N#Cc1cccc(S(=O)(=O)Nc2ccc(SC(F)(F)F)c(Cl)c2)c1. The van der Waals surface area contributed by atoms with Crippen molar-refractivity contribution in [3.8, 4) is 6.07 Å². The van der Waals surface area contributed by atoms with Crippen molar-refractivity contribution in [2.24, 2.45) is 0 Å². The number of thioether (sulfide) groups is 1. The quantitative estimate of drug-likeness (QED) is 0.770. The minimum atomic E-state index is -4.50. The summed E-state index contributed by atoms with van der Waals surface area (Å²) < 4.78 is 63.8. The Morgan fingerprint density at radius 2 is 1.88 bits per heavy atom. The van der Waals surface area contributed by atoms with Crippen molar-refractivity contribution in [3.63, 3.8) is 0 Å². The largest absolute Gasteiger partial charge is 0.446 e. The van der Waals surface area contributed by atoms with Crippen LogP contribution in [-0.4, -0.2) is 13.9 Å². The molecule has 2 aromatic rings. The second-order valence-corrected chi connectivity index (χ2v) is 7.63. The summed E-state index contributed by atoms with van der Waals surface area (Å²) in [4.78, 5) is -0.384. The van der Waals surface area contributed by atoms with Gasteiger partial charge in [-0.2, -0.15) is 18.4 Å². The van der Waals surface area contributed by atoms with E-state index < -0.39 is 15.5 Å². The van der Waals surface area contributed by atoms with E-state index >= 15 is 0 Å². The summed E-state index contributed by atoms with van der Waals surface area (Å²) in [5.41, 5.74) is -4.33. The maximum atomic E-state index is 12.4. The van der Waals surface area contributed by atoms with Gasteiger partial charge >= 0.3 is 5.51 Å². The Bertz CT molecular complexity index is 909. The third-order valence-electron chi connectivity index (χ3n) is 2.68. The zero-order valence-electron chi connectivity index (χ0n) is 11.6.